The van der Waals surface area contributed by atoms with Gasteiger partial charge in [-0.1, -0.05) is 17.7 Å². The maximum Gasteiger partial charge on any atom is 0.180 e. The van der Waals surface area contributed by atoms with Gasteiger partial charge in [-0.3, -0.25) is 9.97 Å². The highest BCUT2D eigenvalue weighted by Crippen LogP contribution is 2.25. The van der Waals surface area contributed by atoms with Gasteiger partial charge in [0.1, 0.15) is 16.5 Å². The van der Waals surface area contributed by atoms with Crippen molar-refractivity contribution >= 4 is 17.4 Å². The van der Waals surface area contributed by atoms with E-state index < -0.39 is 0 Å². The third-order valence-electron chi connectivity index (χ3n) is 3.37. The molecule has 3 aromatic rings. The maximum atomic E-state index is 6.32. The van der Waals surface area contributed by atoms with Crippen molar-refractivity contribution in [2.45, 2.75) is 13.3 Å². The first kappa shape index (κ1) is 15.4. The van der Waals surface area contributed by atoms with E-state index in [0.29, 0.717) is 16.7 Å². The summed E-state index contributed by atoms with van der Waals surface area (Å²) in [6.07, 6.45) is 6.16. The van der Waals surface area contributed by atoms with Crippen LogP contribution in [0.4, 0.5) is 5.82 Å². The number of rotatable bonds is 5. The molecule has 0 bridgehead atoms. The second-order valence-corrected chi connectivity index (χ2v) is 5.42. The SMILES string of the molecule is Cc1nc(-c2ccccn2)nc(NCCc2ccncc2)c1Cl. The summed E-state index contributed by atoms with van der Waals surface area (Å²) in [4.78, 5) is 17.2. The van der Waals surface area contributed by atoms with Gasteiger partial charge in [-0.15, -0.1) is 0 Å². The maximum absolute atomic E-state index is 6.32. The minimum Gasteiger partial charge on any atom is -0.368 e. The quantitative estimate of drug-likeness (QED) is 0.777. The number of aromatic nitrogens is 4. The number of hydrogen-bond donors (Lipinski definition) is 1. The molecule has 3 heterocycles. The van der Waals surface area contributed by atoms with Crippen LogP contribution in [-0.4, -0.2) is 26.5 Å². The lowest BCUT2D eigenvalue weighted by atomic mass is 10.2. The standard InChI is InChI=1S/C17H16ClN5/c1-12-15(18)17(21-11-7-13-5-9-19-10-6-13)23-16(22-12)14-4-2-3-8-20-14/h2-6,8-10H,7,11H2,1H3,(H,21,22,23). The smallest absolute Gasteiger partial charge is 0.180 e. The van der Waals surface area contributed by atoms with Crippen molar-refractivity contribution in [2.24, 2.45) is 0 Å². The van der Waals surface area contributed by atoms with Crippen LogP contribution in [0, 0.1) is 6.92 Å². The lowest BCUT2D eigenvalue weighted by Crippen LogP contribution is -2.09. The predicted octanol–water partition coefficient (Wildman–Crippen LogP) is 3.55. The summed E-state index contributed by atoms with van der Waals surface area (Å²) in [7, 11) is 0. The average Bonchev–Trinajstić information content (AvgIpc) is 2.60. The lowest BCUT2D eigenvalue weighted by molar-refractivity contribution is 0.988. The van der Waals surface area contributed by atoms with Crippen LogP contribution in [0.2, 0.25) is 5.02 Å². The Balaban J connectivity index is 1.77. The molecule has 0 aliphatic rings. The zero-order valence-electron chi connectivity index (χ0n) is 12.7. The molecule has 6 heteroatoms. The minimum absolute atomic E-state index is 0.541. The summed E-state index contributed by atoms with van der Waals surface area (Å²) in [5.41, 5.74) is 2.66. The molecule has 116 valence electrons. The fraction of sp³-hybridized carbons (Fsp3) is 0.176. The molecule has 5 nitrogen and oxygen atoms in total. The Hall–Kier alpha value is -2.53. The van der Waals surface area contributed by atoms with E-state index >= 15 is 0 Å². The van der Waals surface area contributed by atoms with Gasteiger partial charge in [0.2, 0.25) is 0 Å². The Morgan fingerprint density at radius 3 is 2.61 bits per heavy atom. The van der Waals surface area contributed by atoms with Crippen molar-refractivity contribution < 1.29 is 0 Å². The molecule has 0 atom stereocenters. The fourth-order valence-corrected chi connectivity index (χ4v) is 2.31. The van der Waals surface area contributed by atoms with Crippen molar-refractivity contribution in [2.75, 3.05) is 11.9 Å². The number of halogens is 1. The molecule has 0 aromatic carbocycles. The van der Waals surface area contributed by atoms with E-state index in [9.17, 15) is 0 Å². The van der Waals surface area contributed by atoms with Crippen molar-refractivity contribution in [1.82, 2.24) is 19.9 Å². The first-order chi connectivity index (χ1) is 11.2. The van der Waals surface area contributed by atoms with Gasteiger partial charge in [-0.05, 0) is 43.2 Å². The van der Waals surface area contributed by atoms with E-state index in [0.717, 1.165) is 24.4 Å². The zero-order valence-corrected chi connectivity index (χ0v) is 13.5. The largest absolute Gasteiger partial charge is 0.368 e. The van der Waals surface area contributed by atoms with Crippen LogP contribution in [0.5, 0.6) is 0 Å². The van der Waals surface area contributed by atoms with Crippen LogP contribution in [0.25, 0.3) is 11.5 Å². The second kappa shape index (κ2) is 7.15. The molecule has 1 N–H and O–H groups in total. The van der Waals surface area contributed by atoms with E-state index in [4.69, 9.17) is 11.6 Å². The number of pyridine rings is 2. The van der Waals surface area contributed by atoms with Crippen molar-refractivity contribution in [3.63, 3.8) is 0 Å². The van der Waals surface area contributed by atoms with Gasteiger partial charge in [0, 0.05) is 25.1 Å². The summed E-state index contributed by atoms with van der Waals surface area (Å²) in [5.74, 6) is 1.20. The van der Waals surface area contributed by atoms with E-state index in [1.807, 2.05) is 37.3 Å². The number of nitrogens with zero attached hydrogens (tertiary/aromatic N) is 4. The molecule has 0 aliphatic carbocycles. The summed E-state index contributed by atoms with van der Waals surface area (Å²) in [6, 6.07) is 9.64. The van der Waals surface area contributed by atoms with Crippen molar-refractivity contribution in [1.29, 1.82) is 0 Å². The molecule has 0 aliphatic heterocycles. The summed E-state index contributed by atoms with van der Waals surface area (Å²) in [6.45, 7) is 2.59. The van der Waals surface area contributed by atoms with E-state index in [1.165, 1.54) is 5.56 Å². The predicted molar refractivity (Wildman–Crippen MR) is 91.4 cm³/mol. The minimum atomic E-state index is 0.541. The monoisotopic (exact) mass is 325 g/mol. The molecular formula is C17H16ClN5. The molecular weight excluding hydrogens is 310 g/mol. The van der Waals surface area contributed by atoms with Crippen molar-refractivity contribution in [3.05, 3.63) is 65.2 Å². The lowest BCUT2D eigenvalue weighted by Gasteiger charge is -2.11. The van der Waals surface area contributed by atoms with Crippen LogP contribution in [0.3, 0.4) is 0 Å². The van der Waals surface area contributed by atoms with Gasteiger partial charge in [0.15, 0.2) is 5.82 Å². The molecule has 0 amide bonds. The average molecular weight is 326 g/mol. The van der Waals surface area contributed by atoms with Crippen LogP contribution >= 0.6 is 11.6 Å². The van der Waals surface area contributed by atoms with Gasteiger partial charge in [0.25, 0.3) is 0 Å². The zero-order chi connectivity index (χ0) is 16.1. The Morgan fingerprint density at radius 1 is 1.04 bits per heavy atom. The topological polar surface area (TPSA) is 63.6 Å². The molecule has 0 spiro atoms. The molecule has 3 rings (SSSR count). The Kier molecular flexibility index (Phi) is 4.78. The second-order valence-electron chi connectivity index (χ2n) is 5.04. The normalized spacial score (nSPS) is 10.5. The Bertz CT molecular complexity index is 778. The molecule has 3 aromatic heterocycles. The van der Waals surface area contributed by atoms with E-state index in [-0.39, 0.29) is 0 Å². The summed E-state index contributed by atoms with van der Waals surface area (Å²) >= 11 is 6.32. The van der Waals surface area contributed by atoms with Gasteiger partial charge >= 0.3 is 0 Å². The Morgan fingerprint density at radius 2 is 1.87 bits per heavy atom. The molecule has 0 fully saturated rings. The summed E-state index contributed by atoms with van der Waals surface area (Å²) < 4.78 is 0. The number of anilines is 1. The number of aryl methyl sites for hydroxylation is 1. The Labute approximate surface area is 139 Å². The number of hydrogen-bond acceptors (Lipinski definition) is 5. The third-order valence-corrected chi connectivity index (χ3v) is 3.82. The first-order valence-corrected chi connectivity index (χ1v) is 7.70. The highest BCUT2D eigenvalue weighted by Gasteiger charge is 2.11. The van der Waals surface area contributed by atoms with Crippen LogP contribution in [0.15, 0.2) is 48.9 Å². The van der Waals surface area contributed by atoms with E-state index in [1.54, 1.807) is 18.6 Å². The van der Waals surface area contributed by atoms with Crippen LogP contribution in [-0.2, 0) is 6.42 Å². The first-order valence-electron chi connectivity index (χ1n) is 7.32. The third kappa shape index (κ3) is 3.81. The fourth-order valence-electron chi connectivity index (χ4n) is 2.16. The molecule has 0 radical (unpaired) electrons. The highest BCUT2D eigenvalue weighted by molar-refractivity contribution is 6.33. The van der Waals surface area contributed by atoms with E-state index in [2.05, 4.69) is 25.3 Å². The molecule has 0 saturated heterocycles. The molecule has 0 saturated carbocycles. The van der Waals surface area contributed by atoms with Gasteiger partial charge in [-0.25, -0.2) is 9.97 Å². The summed E-state index contributed by atoms with van der Waals surface area (Å²) in [5, 5.41) is 3.82. The van der Waals surface area contributed by atoms with Gasteiger partial charge < -0.3 is 5.32 Å². The van der Waals surface area contributed by atoms with Gasteiger partial charge in [-0.2, -0.15) is 0 Å². The molecule has 0 unspecified atom stereocenters. The molecule has 23 heavy (non-hydrogen) atoms. The van der Waals surface area contributed by atoms with Crippen molar-refractivity contribution in [3.8, 4) is 11.5 Å². The van der Waals surface area contributed by atoms with Crippen LogP contribution < -0.4 is 5.32 Å². The highest BCUT2D eigenvalue weighted by atomic mass is 35.5. The number of nitrogens with one attached hydrogen (secondary N) is 1. The van der Waals surface area contributed by atoms with Gasteiger partial charge in [0.05, 0.1) is 5.69 Å². The van der Waals surface area contributed by atoms with Crippen LogP contribution in [0.1, 0.15) is 11.3 Å².